The third-order valence-electron chi connectivity index (χ3n) is 4.93. The van der Waals surface area contributed by atoms with E-state index >= 15 is 0 Å². The van der Waals surface area contributed by atoms with Gasteiger partial charge in [-0.3, -0.25) is 19.7 Å². The summed E-state index contributed by atoms with van der Waals surface area (Å²) in [7, 11) is 0. The van der Waals surface area contributed by atoms with E-state index in [9.17, 15) is 24.8 Å². The lowest BCUT2D eigenvalue weighted by atomic mass is 9.92. The van der Waals surface area contributed by atoms with Gasteiger partial charge in [-0.15, -0.1) is 0 Å². The van der Waals surface area contributed by atoms with Gasteiger partial charge in [-0.1, -0.05) is 6.07 Å². The molecule has 0 bridgehead atoms. The highest BCUT2D eigenvalue weighted by atomic mass is 16.6. The van der Waals surface area contributed by atoms with Crippen molar-refractivity contribution in [3.05, 3.63) is 39.4 Å². The van der Waals surface area contributed by atoms with Crippen LogP contribution in [0.1, 0.15) is 28.8 Å². The quantitative estimate of drug-likeness (QED) is 0.676. The van der Waals surface area contributed by atoms with Crippen LogP contribution in [0, 0.1) is 34.8 Å². The third-order valence-corrected chi connectivity index (χ3v) is 4.93. The van der Waals surface area contributed by atoms with Gasteiger partial charge >= 0.3 is 5.97 Å². The number of rotatable bonds is 4. The number of benzene rings is 1. The summed E-state index contributed by atoms with van der Waals surface area (Å²) in [5.41, 5.74) is 0.507. The molecular weight excluding hydrogens is 300 g/mol. The number of carbonyl (C=O) groups excluding carboxylic acids is 1. The lowest BCUT2D eigenvalue weighted by Crippen LogP contribution is -2.30. The Morgan fingerprint density at radius 2 is 2.00 bits per heavy atom. The van der Waals surface area contributed by atoms with Crippen LogP contribution < -0.4 is 0 Å². The van der Waals surface area contributed by atoms with Gasteiger partial charge in [0, 0.05) is 30.3 Å². The highest BCUT2D eigenvalue weighted by Crippen LogP contribution is 2.44. The molecule has 122 valence electrons. The van der Waals surface area contributed by atoms with E-state index in [4.69, 9.17) is 0 Å². The molecule has 0 spiro atoms. The average Bonchev–Trinajstić information content (AvgIpc) is 3.24. The number of carboxylic acid groups (broad SMARTS) is 1. The van der Waals surface area contributed by atoms with Crippen LogP contribution in [0.3, 0.4) is 0 Å². The zero-order valence-electron chi connectivity index (χ0n) is 12.8. The lowest BCUT2D eigenvalue weighted by Gasteiger charge is -2.17. The predicted octanol–water partition coefficient (Wildman–Crippen LogP) is 2.09. The fourth-order valence-electron chi connectivity index (χ4n) is 3.48. The van der Waals surface area contributed by atoms with Crippen LogP contribution in [-0.2, 0) is 4.79 Å². The number of amides is 1. The first-order chi connectivity index (χ1) is 10.9. The van der Waals surface area contributed by atoms with Gasteiger partial charge in [0.2, 0.25) is 0 Å². The first-order valence-corrected chi connectivity index (χ1v) is 7.66. The van der Waals surface area contributed by atoms with Crippen molar-refractivity contribution in [2.45, 2.75) is 19.8 Å². The summed E-state index contributed by atoms with van der Waals surface area (Å²) in [5.74, 6) is -1.34. The van der Waals surface area contributed by atoms with Crippen LogP contribution in [0.2, 0.25) is 0 Å². The molecule has 1 saturated carbocycles. The Kier molecular flexibility index (Phi) is 3.79. The molecule has 1 aliphatic heterocycles. The fourth-order valence-corrected chi connectivity index (χ4v) is 3.48. The predicted molar refractivity (Wildman–Crippen MR) is 81.1 cm³/mol. The standard InChI is InChI=1S/C16H18N2O5/c1-9-11(3-2-4-14(9)18(22)23)15(19)17-7-12(10-5-6-10)13(8-17)16(20)21/h2-4,10,12-13H,5-8H2,1H3,(H,20,21)/t12-,13+/m1/s1. The number of likely N-dealkylation sites (tertiary alicyclic amines) is 1. The van der Waals surface area contributed by atoms with Crippen molar-refractivity contribution in [3.63, 3.8) is 0 Å². The summed E-state index contributed by atoms with van der Waals surface area (Å²) in [6.07, 6.45) is 2.04. The molecule has 7 heteroatoms. The van der Waals surface area contributed by atoms with Gasteiger partial charge in [-0.05, 0) is 37.7 Å². The monoisotopic (exact) mass is 318 g/mol. The Balaban J connectivity index is 1.85. The first kappa shape index (κ1) is 15.5. The minimum atomic E-state index is -0.868. The van der Waals surface area contributed by atoms with Crippen LogP contribution in [0.4, 0.5) is 5.69 Å². The summed E-state index contributed by atoms with van der Waals surface area (Å²) in [4.78, 5) is 36.2. The molecule has 23 heavy (non-hydrogen) atoms. The molecule has 1 aromatic rings. The topological polar surface area (TPSA) is 101 Å². The maximum absolute atomic E-state index is 12.7. The van der Waals surface area contributed by atoms with Crippen molar-refractivity contribution in [3.8, 4) is 0 Å². The van der Waals surface area contributed by atoms with Gasteiger partial charge in [-0.2, -0.15) is 0 Å². The smallest absolute Gasteiger partial charge is 0.308 e. The van der Waals surface area contributed by atoms with Crippen LogP contribution in [0.5, 0.6) is 0 Å². The van der Waals surface area contributed by atoms with Crippen molar-refractivity contribution in [2.75, 3.05) is 13.1 Å². The highest BCUT2D eigenvalue weighted by Gasteiger charge is 2.47. The van der Waals surface area contributed by atoms with Gasteiger partial charge in [0.05, 0.1) is 10.8 Å². The zero-order valence-corrected chi connectivity index (χ0v) is 12.8. The maximum Gasteiger partial charge on any atom is 0.308 e. The Hall–Kier alpha value is -2.44. The maximum atomic E-state index is 12.7. The molecule has 7 nitrogen and oxygen atoms in total. The molecule has 1 N–H and O–H groups in total. The molecule has 2 atom stereocenters. The molecule has 3 rings (SSSR count). The number of aliphatic carboxylic acids is 1. The van der Waals surface area contributed by atoms with E-state index in [1.165, 1.54) is 17.0 Å². The fraction of sp³-hybridized carbons (Fsp3) is 0.500. The summed E-state index contributed by atoms with van der Waals surface area (Å²) < 4.78 is 0. The van der Waals surface area contributed by atoms with Crippen LogP contribution >= 0.6 is 0 Å². The summed E-state index contributed by atoms with van der Waals surface area (Å²) in [5, 5.41) is 20.4. The minimum absolute atomic E-state index is 0.00421. The molecule has 1 heterocycles. The van der Waals surface area contributed by atoms with Crippen molar-refractivity contribution in [1.82, 2.24) is 4.90 Å². The van der Waals surface area contributed by atoms with E-state index < -0.39 is 16.8 Å². The van der Waals surface area contributed by atoms with Gasteiger partial charge < -0.3 is 10.0 Å². The van der Waals surface area contributed by atoms with E-state index in [0.29, 0.717) is 18.0 Å². The molecular formula is C16H18N2O5. The van der Waals surface area contributed by atoms with Crippen molar-refractivity contribution < 1.29 is 19.6 Å². The van der Waals surface area contributed by atoms with Crippen LogP contribution in [-0.4, -0.2) is 39.9 Å². The lowest BCUT2D eigenvalue weighted by molar-refractivity contribution is -0.385. The number of hydrogen-bond donors (Lipinski definition) is 1. The Bertz CT molecular complexity index is 683. The molecule has 1 aliphatic carbocycles. The largest absolute Gasteiger partial charge is 0.481 e. The van der Waals surface area contributed by atoms with Crippen LogP contribution in [0.25, 0.3) is 0 Å². The number of carbonyl (C=O) groups is 2. The van der Waals surface area contributed by atoms with E-state index in [1.807, 2.05) is 0 Å². The second-order valence-electron chi connectivity index (χ2n) is 6.36. The van der Waals surface area contributed by atoms with E-state index in [1.54, 1.807) is 13.0 Å². The van der Waals surface area contributed by atoms with Crippen molar-refractivity contribution in [1.29, 1.82) is 0 Å². The summed E-state index contributed by atoms with van der Waals surface area (Å²) >= 11 is 0. The number of carboxylic acids is 1. The molecule has 1 aromatic carbocycles. The second kappa shape index (κ2) is 5.64. The minimum Gasteiger partial charge on any atom is -0.481 e. The van der Waals surface area contributed by atoms with E-state index in [0.717, 1.165) is 12.8 Å². The first-order valence-electron chi connectivity index (χ1n) is 7.66. The van der Waals surface area contributed by atoms with Crippen LogP contribution in [0.15, 0.2) is 18.2 Å². The molecule has 0 aromatic heterocycles. The second-order valence-corrected chi connectivity index (χ2v) is 6.36. The number of hydrogen-bond acceptors (Lipinski definition) is 4. The van der Waals surface area contributed by atoms with E-state index in [-0.39, 0.29) is 29.6 Å². The normalized spacial score (nSPS) is 23.8. The molecule has 1 amide bonds. The number of nitro groups is 1. The SMILES string of the molecule is Cc1c(C(=O)N2C[C@H](C(=O)O)[C@@H](C3CC3)C2)cccc1[N+](=O)[O-]. The molecule has 1 saturated heterocycles. The number of nitrogens with zero attached hydrogens (tertiary/aromatic N) is 2. The number of nitro benzene ring substituents is 1. The van der Waals surface area contributed by atoms with Gasteiger partial charge in [0.15, 0.2) is 0 Å². The Morgan fingerprint density at radius 3 is 2.57 bits per heavy atom. The van der Waals surface area contributed by atoms with Crippen molar-refractivity contribution >= 4 is 17.6 Å². The Labute approximate surface area is 133 Å². The third kappa shape index (κ3) is 2.78. The van der Waals surface area contributed by atoms with Gasteiger partial charge in [0.25, 0.3) is 11.6 Å². The zero-order chi connectivity index (χ0) is 16.7. The molecule has 0 unspecified atom stereocenters. The van der Waals surface area contributed by atoms with Gasteiger partial charge in [0.1, 0.15) is 0 Å². The Morgan fingerprint density at radius 1 is 1.30 bits per heavy atom. The van der Waals surface area contributed by atoms with Crippen molar-refractivity contribution in [2.24, 2.45) is 17.8 Å². The summed E-state index contributed by atoms with van der Waals surface area (Å²) in [6.45, 7) is 2.15. The highest BCUT2D eigenvalue weighted by molar-refractivity contribution is 5.97. The average molecular weight is 318 g/mol. The van der Waals surface area contributed by atoms with Gasteiger partial charge in [-0.25, -0.2) is 0 Å². The molecule has 0 radical (unpaired) electrons. The van der Waals surface area contributed by atoms with E-state index in [2.05, 4.69) is 0 Å². The molecule has 2 fully saturated rings. The summed E-state index contributed by atoms with van der Waals surface area (Å²) in [6, 6.07) is 4.41. The molecule has 2 aliphatic rings.